The van der Waals surface area contributed by atoms with E-state index in [1.54, 1.807) is 6.07 Å². The minimum absolute atomic E-state index is 0.102. The standard InChI is InChI=1S/C19H25N5O3/c25-18(14-23-9-11-27-12-10-23)24-7-5-22(6-8-24)13-17-20-16-4-2-1-3-15(16)19(26)21-17/h1-4H,5-14H2,(H,20,21,26). The number of ether oxygens (including phenoxy) is 1. The van der Waals surface area contributed by atoms with Gasteiger partial charge >= 0.3 is 0 Å². The molecule has 0 aliphatic carbocycles. The van der Waals surface area contributed by atoms with E-state index in [4.69, 9.17) is 4.74 Å². The molecule has 2 aliphatic rings. The van der Waals surface area contributed by atoms with E-state index in [9.17, 15) is 9.59 Å². The Morgan fingerprint density at radius 3 is 2.56 bits per heavy atom. The summed E-state index contributed by atoms with van der Waals surface area (Å²) in [6, 6.07) is 7.36. The quantitative estimate of drug-likeness (QED) is 0.808. The zero-order chi connectivity index (χ0) is 18.6. The summed E-state index contributed by atoms with van der Waals surface area (Å²) in [5, 5.41) is 0.611. The number of amides is 1. The second-order valence-electron chi connectivity index (χ2n) is 7.08. The largest absolute Gasteiger partial charge is 0.379 e. The molecule has 0 unspecified atom stereocenters. The van der Waals surface area contributed by atoms with E-state index < -0.39 is 0 Å². The number of carbonyl (C=O) groups excluding carboxylic acids is 1. The molecule has 1 N–H and O–H groups in total. The van der Waals surface area contributed by atoms with Crippen molar-refractivity contribution in [1.29, 1.82) is 0 Å². The summed E-state index contributed by atoms with van der Waals surface area (Å²) >= 11 is 0. The number of nitrogens with one attached hydrogen (secondary N) is 1. The number of para-hydroxylation sites is 1. The number of hydrogen-bond donors (Lipinski definition) is 1. The van der Waals surface area contributed by atoms with E-state index in [-0.39, 0.29) is 11.5 Å². The van der Waals surface area contributed by atoms with Gasteiger partial charge in [-0.3, -0.25) is 19.4 Å². The van der Waals surface area contributed by atoms with Gasteiger partial charge in [-0.05, 0) is 12.1 Å². The van der Waals surface area contributed by atoms with Crippen molar-refractivity contribution in [1.82, 2.24) is 24.7 Å². The SMILES string of the molecule is O=C(CN1CCOCC1)N1CCN(Cc2nc3ccccc3c(=O)[nH]2)CC1. The molecule has 1 aromatic heterocycles. The lowest BCUT2D eigenvalue weighted by Gasteiger charge is -2.36. The molecule has 0 bridgehead atoms. The zero-order valence-electron chi connectivity index (χ0n) is 15.4. The van der Waals surface area contributed by atoms with Crippen LogP contribution in [-0.2, 0) is 16.1 Å². The van der Waals surface area contributed by atoms with Gasteiger partial charge in [0.25, 0.3) is 5.56 Å². The number of rotatable bonds is 4. The monoisotopic (exact) mass is 371 g/mol. The van der Waals surface area contributed by atoms with Crippen LogP contribution in [0.15, 0.2) is 29.1 Å². The average molecular weight is 371 g/mol. The van der Waals surface area contributed by atoms with Crippen molar-refractivity contribution in [3.63, 3.8) is 0 Å². The molecular formula is C19H25N5O3. The number of morpholine rings is 1. The molecule has 2 aliphatic heterocycles. The molecule has 1 amide bonds. The lowest BCUT2D eigenvalue weighted by Crippen LogP contribution is -2.52. The molecule has 0 atom stereocenters. The van der Waals surface area contributed by atoms with Crippen LogP contribution in [0.2, 0.25) is 0 Å². The molecule has 3 heterocycles. The molecule has 8 heteroatoms. The Labute approximate surface area is 157 Å². The Morgan fingerprint density at radius 1 is 1.04 bits per heavy atom. The maximum Gasteiger partial charge on any atom is 0.258 e. The van der Waals surface area contributed by atoms with Gasteiger partial charge in [-0.1, -0.05) is 12.1 Å². The number of hydrogen-bond acceptors (Lipinski definition) is 6. The Bertz CT molecular complexity index is 854. The summed E-state index contributed by atoms with van der Waals surface area (Å²) in [5.41, 5.74) is 0.616. The fraction of sp³-hybridized carbons (Fsp3) is 0.526. The number of aromatic amines is 1. The lowest BCUT2D eigenvalue weighted by molar-refractivity contribution is -0.135. The third kappa shape index (κ3) is 4.35. The number of nitrogens with zero attached hydrogens (tertiary/aromatic N) is 4. The van der Waals surface area contributed by atoms with Gasteiger partial charge in [-0.15, -0.1) is 0 Å². The van der Waals surface area contributed by atoms with Crippen LogP contribution >= 0.6 is 0 Å². The number of fused-ring (bicyclic) bond motifs is 1. The summed E-state index contributed by atoms with van der Waals surface area (Å²) < 4.78 is 5.33. The first-order chi connectivity index (χ1) is 13.2. The minimum atomic E-state index is -0.102. The van der Waals surface area contributed by atoms with Crippen LogP contribution in [0.5, 0.6) is 0 Å². The normalized spacial score (nSPS) is 19.5. The summed E-state index contributed by atoms with van der Waals surface area (Å²) in [5.74, 6) is 0.862. The van der Waals surface area contributed by atoms with E-state index in [0.717, 1.165) is 31.7 Å². The van der Waals surface area contributed by atoms with E-state index in [1.807, 2.05) is 23.1 Å². The van der Waals surface area contributed by atoms with Gasteiger partial charge in [-0.25, -0.2) is 4.98 Å². The smallest absolute Gasteiger partial charge is 0.258 e. The third-order valence-corrected chi connectivity index (χ3v) is 5.22. The van der Waals surface area contributed by atoms with E-state index >= 15 is 0 Å². The van der Waals surface area contributed by atoms with Crippen molar-refractivity contribution < 1.29 is 9.53 Å². The minimum Gasteiger partial charge on any atom is -0.379 e. The van der Waals surface area contributed by atoms with Crippen LogP contribution in [0, 0.1) is 0 Å². The predicted molar refractivity (Wildman–Crippen MR) is 101 cm³/mol. The van der Waals surface area contributed by atoms with Gasteiger partial charge < -0.3 is 14.6 Å². The fourth-order valence-electron chi connectivity index (χ4n) is 3.63. The van der Waals surface area contributed by atoms with Gasteiger partial charge in [0.15, 0.2) is 0 Å². The molecule has 1 aromatic carbocycles. The maximum atomic E-state index is 12.5. The topological polar surface area (TPSA) is 81.8 Å². The summed E-state index contributed by atoms with van der Waals surface area (Å²) in [4.78, 5) is 38.4. The van der Waals surface area contributed by atoms with Crippen molar-refractivity contribution in [2.45, 2.75) is 6.54 Å². The molecular weight excluding hydrogens is 346 g/mol. The fourth-order valence-corrected chi connectivity index (χ4v) is 3.63. The number of benzene rings is 1. The third-order valence-electron chi connectivity index (χ3n) is 5.22. The van der Waals surface area contributed by atoms with Gasteiger partial charge in [0.05, 0.1) is 37.2 Å². The van der Waals surface area contributed by atoms with Gasteiger partial charge in [-0.2, -0.15) is 0 Å². The first kappa shape index (κ1) is 18.1. The molecule has 8 nitrogen and oxygen atoms in total. The molecule has 27 heavy (non-hydrogen) atoms. The molecule has 2 fully saturated rings. The number of H-pyrrole nitrogens is 1. The summed E-state index contributed by atoms with van der Waals surface area (Å²) in [7, 11) is 0. The zero-order valence-corrected chi connectivity index (χ0v) is 15.4. The van der Waals surface area contributed by atoms with E-state index in [0.29, 0.717) is 50.6 Å². The van der Waals surface area contributed by atoms with Crippen LogP contribution < -0.4 is 5.56 Å². The van der Waals surface area contributed by atoms with Gasteiger partial charge in [0.1, 0.15) is 5.82 Å². The average Bonchev–Trinajstić information content (AvgIpc) is 2.69. The first-order valence-electron chi connectivity index (χ1n) is 9.47. The number of aromatic nitrogens is 2. The first-order valence-corrected chi connectivity index (χ1v) is 9.47. The van der Waals surface area contributed by atoms with E-state index in [1.165, 1.54) is 0 Å². The Balaban J connectivity index is 1.31. The van der Waals surface area contributed by atoms with Crippen molar-refractivity contribution in [2.24, 2.45) is 0 Å². The Hall–Kier alpha value is -2.29. The molecule has 0 saturated carbocycles. The highest BCUT2D eigenvalue weighted by molar-refractivity contribution is 5.78. The van der Waals surface area contributed by atoms with Crippen LogP contribution in [-0.4, -0.2) is 89.6 Å². The molecule has 144 valence electrons. The molecule has 2 aromatic rings. The maximum absolute atomic E-state index is 12.5. The van der Waals surface area contributed by atoms with Crippen molar-refractivity contribution in [3.8, 4) is 0 Å². The predicted octanol–water partition coefficient (Wildman–Crippen LogP) is -0.100. The Kier molecular flexibility index (Phi) is 5.47. The van der Waals surface area contributed by atoms with Gasteiger partial charge in [0.2, 0.25) is 5.91 Å². The van der Waals surface area contributed by atoms with Crippen LogP contribution in [0.4, 0.5) is 0 Å². The lowest BCUT2D eigenvalue weighted by atomic mass is 10.2. The number of piperazine rings is 1. The van der Waals surface area contributed by atoms with Crippen LogP contribution in [0.1, 0.15) is 5.82 Å². The van der Waals surface area contributed by atoms with Crippen molar-refractivity contribution >= 4 is 16.8 Å². The molecule has 0 radical (unpaired) electrons. The molecule has 0 spiro atoms. The van der Waals surface area contributed by atoms with Crippen molar-refractivity contribution in [2.75, 3.05) is 59.0 Å². The Morgan fingerprint density at radius 2 is 1.78 bits per heavy atom. The second kappa shape index (κ2) is 8.16. The summed E-state index contributed by atoms with van der Waals surface area (Å²) in [6.07, 6.45) is 0. The van der Waals surface area contributed by atoms with Crippen LogP contribution in [0.25, 0.3) is 10.9 Å². The highest BCUT2D eigenvalue weighted by Crippen LogP contribution is 2.10. The van der Waals surface area contributed by atoms with Gasteiger partial charge in [0, 0.05) is 39.3 Å². The highest BCUT2D eigenvalue weighted by atomic mass is 16.5. The molecule has 4 rings (SSSR count). The van der Waals surface area contributed by atoms with Crippen LogP contribution in [0.3, 0.4) is 0 Å². The summed E-state index contributed by atoms with van der Waals surface area (Å²) in [6.45, 7) is 7.11. The molecule has 2 saturated heterocycles. The highest BCUT2D eigenvalue weighted by Gasteiger charge is 2.24. The second-order valence-corrected chi connectivity index (χ2v) is 7.08. The van der Waals surface area contributed by atoms with E-state index in [2.05, 4.69) is 19.8 Å². The number of carbonyl (C=O) groups is 1. The van der Waals surface area contributed by atoms with Crippen molar-refractivity contribution in [3.05, 3.63) is 40.4 Å².